The van der Waals surface area contributed by atoms with Crippen LogP contribution in [0, 0.1) is 12.8 Å². The highest BCUT2D eigenvalue weighted by atomic mass is 32.2. The van der Waals surface area contributed by atoms with Gasteiger partial charge in [0.25, 0.3) is 0 Å². The average Bonchev–Trinajstić information content (AvgIpc) is 3.31. The lowest BCUT2D eigenvalue weighted by molar-refractivity contribution is 0.428. The number of imidazole rings is 1. The molecule has 0 aliphatic carbocycles. The first-order valence-corrected chi connectivity index (χ1v) is 10.5. The summed E-state index contributed by atoms with van der Waals surface area (Å²) in [6, 6.07) is 12.5. The molecule has 1 atom stereocenters. The molecule has 2 aromatic heterocycles. The van der Waals surface area contributed by atoms with Crippen molar-refractivity contribution in [2.24, 2.45) is 5.92 Å². The number of aryl methyl sites for hydroxylation is 1. The molecule has 0 N–H and O–H groups in total. The van der Waals surface area contributed by atoms with Crippen LogP contribution >= 0.6 is 0 Å². The van der Waals surface area contributed by atoms with E-state index in [0.717, 1.165) is 30.0 Å². The maximum Gasteiger partial charge on any atom is 0.243 e. The molecule has 3 heterocycles. The molecule has 3 aromatic rings. The van der Waals surface area contributed by atoms with Crippen molar-refractivity contribution in [2.45, 2.75) is 24.8 Å². The molecule has 27 heavy (non-hydrogen) atoms. The lowest BCUT2D eigenvalue weighted by Gasteiger charge is -2.18. The Bertz CT molecular complexity index is 1020. The van der Waals surface area contributed by atoms with Gasteiger partial charge in [-0.1, -0.05) is 18.2 Å². The van der Waals surface area contributed by atoms with Gasteiger partial charge in [-0.3, -0.25) is 4.98 Å². The summed E-state index contributed by atoms with van der Waals surface area (Å²) in [4.78, 5) is 8.98. The highest BCUT2D eigenvalue weighted by Crippen LogP contribution is 2.27. The van der Waals surface area contributed by atoms with E-state index in [2.05, 4.69) is 14.5 Å². The number of aromatic nitrogens is 3. The molecule has 140 valence electrons. The molecule has 1 unspecified atom stereocenters. The van der Waals surface area contributed by atoms with Crippen molar-refractivity contribution in [1.82, 2.24) is 18.8 Å². The zero-order chi connectivity index (χ0) is 18.9. The van der Waals surface area contributed by atoms with E-state index >= 15 is 0 Å². The highest BCUT2D eigenvalue weighted by molar-refractivity contribution is 7.89. The third-order valence-corrected chi connectivity index (χ3v) is 6.94. The topological polar surface area (TPSA) is 68.1 Å². The summed E-state index contributed by atoms with van der Waals surface area (Å²) < 4.78 is 29.5. The van der Waals surface area contributed by atoms with E-state index in [9.17, 15) is 8.42 Å². The Balaban J connectivity index is 1.53. The standard InChI is InChI=1S/C20H22N4O2S/c1-16-13-22-20(18-7-10-21-11-8-18)24(16)15-17-9-12-23(14-17)27(25,26)19-5-3-2-4-6-19/h2-8,10-11,13,17H,9,12,14-15H2,1H3. The van der Waals surface area contributed by atoms with Gasteiger partial charge in [-0.05, 0) is 43.5 Å². The molecule has 4 rings (SSSR count). The molecule has 0 radical (unpaired) electrons. The van der Waals surface area contributed by atoms with Crippen LogP contribution < -0.4 is 0 Å². The number of benzene rings is 1. The number of hydrogen-bond acceptors (Lipinski definition) is 4. The number of rotatable bonds is 5. The molecule has 7 heteroatoms. The summed E-state index contributed by atoms with van der Waals surface area (Å²) in [5, 5.41) is 0. The number of pyridine rings is 1. The van der Waals surface area contributed by atoms with Crippen LogP contribution in [0.25, 0.3) is 11.4 Å². The van der Waals surface area contributed by atoms with E-state index in [1.165, 1.54) is 0 Å². The summed E-state index contributed by atoms with van der Waals surface area (Å²) in [5.41, 5.74) is 2.09. The second-order valence-corrected chi connectivity index (χ2v) is 8.84. The van der Waals surface area contributed by atoms with E-state index < -0.39 is 10.0 Å². The molecule has 1 aromatic carbocycles. The van der Waals surface area contributed by atoms with E-state index in [1.54, 1.807) is 41.0 Å². The molecule has 0 saturated carbocycles. The number of hydrogen-bond donors (Lipinski definition) is 0. The maximum atomic E-state index is 12.8. The molecular weight excluding hydrogens is 360 g/mol. The zero-order valence-corrected chi connectivity index (χ0v) is 16.0. The van der Waals surface area contributed by atoms with Crippen molar-refractivity contribution >= 4 is 10.0 Å². The van der Waals surface area contributed by atoms with Gasteiger partial charge in [-0.25, -0.2) is 13.4 Å². The third kappa shape index (κ3) is 3.52. The van der Waals surface area contributed by atoms with E-state index in [-0.39, 0.29) is 5.92 Å². The predicted molar refractivity (Wildman–Crippen MR) is 104 cm³/mol. The third-order valence-electron chi connectivity index (χ3n) is 5.06. The summed E-state index contributed by atoms with van der Waals surface area (Å²) in [5.74, 6) is 1.16. The summed E-state index contributed by atoms with van der Waals surface area (Å²) >= 11 is 0. The molecule has 1 aliphatic rings. The van der Waals surface area contributed by atoms with Crippen LogP contribution in [0.5, 0.6) is 0 Å². The number of sulfonamides is 1. The van der Waals surface area contributed by atoms with Gasteiger partial charge in [0.1, 0.15) is 5.82 Å². The minimum atomic E-state index is -3.42. The van der Waals surface area contributed by atoms with Crippen molar-refractivity contribution < 1.29 is 8.42 Å². The second-order valence-electron chi connectivity index (χ2n) is 6.90. The van der Waals surface area contributed by atoms with Gasteiger partial charge >= 0.3 is 0 Å². The SMILES string of the molecule is Cc1cnc(-c2ccncc2)n1CC1CCN(S(=O)(=O)c2ccccc2)C1. The van der Waals surface area contributed by atoms with Gasteiger partial charge in [0.15, 0.2) is 0 Å². The first kappa shape index (κ1) is 17.9. The summed E-state index contributed by atoms with van der Waals surface area (Å²) in [6.07, 6.45) is 6.23. The maximum absolute atomic E-state index is 12.8. The van der Waals surface area contributed by atoms with Gasteiger partial charge in [-0.2, -0.15) is 4.31 Å². The Morgan fingerprint density at radius 1 is 1.11 bits per heavy atom. The van der Waals surface area contributed by atoms with Gasteiger partial charge in [-0.15, -0.1) is 0 Å². The fraction of sp³-hybridized carbons (Fsp3) is 0.300. The van der Waals surface area contributed by atoms with Crippen LogP contribution in [0.1, 0.15) is 12.1 Å². The average molecular weight is 382 g/mol. The molecule has 6 nitrogen and oxygen atoms in total. The zero-order valence-electron chi connectivity index (χ0n) is 15.2. The Morgan fingerprint density at radius 3 is 2.59 bits per heavy atom. The van der Waals surface area contributed by atoms with E-state index in [4.69, 9.17) is 0 Å². The van der Waals surface area contributed by atoms with Crippen LogP contribution in [0.4, 0.5) is 0 Å². The Morgan fingerprint density at radius 2 is 1.85 bits per heavy atom. The molecule has 1 saturated heterocycles. The quantitative estimate of drug-likeness (QED) is 0.680. The van der Waals surface area contributed by atoms with Gasteiger partial charge in [0.05, 0.1) is 4.90 Å². The molecule has 0 bridgehead atoms. The normalized spacial score (nSPS) is 18.0. The number of nitrogens with zero attached hydrogens (tertiary/aromatic N) is 4. The van der Waals surface area contributed by atoms with Crippen molar-refractivity contribution in [3.63, 3.8) is 0 Å². The van der Waals surface area contributed by atoms with Crippen molar-refractivity contribution in [1.29, 1.82) is 0 Å². The second kappa shape index (κ2) is 7.25. The molecule has 0 amide bonds. The smallest absolute Gasteiger partial charge is 0.243 e. The first-order valence-electron chi connectivity index (χ1n) is 9.03. The van der Waals surface area contributed by atoms with Crippen LogP contribution in [0.2, 0.25) is 0 Å². The van der Waals surface area contributed by atoms with Gasteiger partial charge in [0, 0.05) is 49.5 Å². The fourth-order valence-corrected chi connectivity index (χ4v) is 5.14. The van der Waals surface area contributed by atoms with Crippen LogP contribution in [-0.2, 0) is 16.6 Å². The first-order chi connectivity index (χ1) is 13.1. The fourth-order valence-electron chi connectivity index (χ4n) is 3.59. The van der Waals surface area contributed by atoms with E-state index in [0.29, 0.717) is 18.0 Å². The minimum Gasteiger partial charge on any atom is -0.328 e. The lowest BCUT2D eigenvalue weighted by atomic mass is 10.1. The van der Waals surface area contributed by atoms with Gasteiger partial charge in [0.2, 0.25) is 10.0 Å². The van der Waals surface area contributed by atoms with Crippen molar-refractivity contribution in [3.05, 3.63) is 66.7 Å². The molecule has 1 aliphatic heterocycles. The van der Waals surface area contributed by atoms with Crippen LogP contribution in [0.15, 0.2) is 66.0 Å². The van der Waals surface area contributed by atoms with Crippen LogP contribution in [-0.4, -0.2) is 40.3 Å². The predicted octanol–water partition coefficient (Wildman–Crippen LogP) is 2.96. The Kier molecular flexibility index (Phi) is 4.80. The van der Waals surface area contributed by atoms with Gasteiger partial charge < -0.3 is 4.57 Å². The molecule has 0 spiro atoms. The minimum absolute atomic E-state index is 0.261. The highest BCUT2D eigenvalue weighted by Gasteiger charge is 2.33. The summed E-state index contributed by atoms with van der Waals surface area (Å²) in [6.45, 7) is 3.88. The Labute approximate surface area is 159 Å². The molecule has 1 fully saturated rings. The summed E-state index contributed by atoms with van der Waals surface area (Å²) in [7, 11) is -3.42. The Hall–Kier alpha value is -2.51. The van der Waals surface area contributed by atoms with E-state index in [1.807, 2.05) is 31.3 Å². The van der Waals surface area contributed by atoms with Crippen molar-refractivity contribution in [2.75, 3.05) is 13.1 Å². The monoisotopic (exact) mass is 382 g/mol. The molecular formula is C20H22N4O2S. The van der Waals surface area contributed by atoms with Crippen LogP contribution in [0.3, 0.4) is 0 Å². The largest absolute Gasteiger partial charge is 0.328 e. The lowest BCUT2D eigenvalue weighted by Crippen LogP contribution is -2.29. The van der Waals surface area contributed by atoms with Crippen molar-refractivity contribution in [3.8, 4) is 11.4 Å².